The highest BCUT2D eigenvalue weighted by molar-refractivity contribution is 6.62. The lowest BCUT2D eigenvalue weighted by Crippen LogP contribution is -2.41. The maximum Gasteiger partial charge on any atom is 0.494 e. The van der Waals surface area contributed by atoms with Crippen LogP contribution in [-0.4, -0.2) is 91.5 Å². The number of nitrogens with one attached hydrogen (secondary N) is 1. The van der Waals surface area contributed by atoms with Crippen molar-refractivity contribution < 1.29 is 37.7 Å². The van der Waals surface area contributed by atoms with Crippen LogP contribution < -0.4 is 26.4 Å². The Morgan fingerprint density at radius 2 is 1.33 bits per heavy atom. The molecule has 0 aliphatic carbocycles. The molecule has 0 aromatic heterocycles. The highest BCUT2D eigenvalue weighted by Crippen LogP contribution is 2.38. The summed E-state index contributed by atoms with van der Waals surface area (Å²) in [7, 11) is 1.13. The van der Waals surface area contributed by atoms with Gasteiger partial charge in [-0.05, 0) is 51.4 Å². The van der Waals surface area contributed by atoms with Crippen LogP contribution in [0.2, 0.25) is 0 Å². The van der Waals surface area contributed by atoms with E-state index in [1.807, 2.05) is 81.4 Å². The SMILES string of the molecule is COCCOCCOCCOCCOCCOc1ccc(B2OC(C)(C)C(C)(C)O2)cc1N1C=C(N)c2ccccc2N1. The van der Waals surface area contributed by atoms with Crippen LogP contribution in [-0.2, 0) is 33.0 Å². The fourth-order valence-electron chi connectivity index (χ4n) is 4.42. The number of methoxy groups -OCH3 is 1. The lowest BCUT2D eigenvalue weighted by molar-refractivity contribution is -0.00977. The molecule has 0 radical (unpaired) electrons. The Morgan fingerprint density at radius 3 is 1.93 bits per heavy atom. The summed E-state index contributed by atoms with van der Waals surface area (Å²) in [6.07, 6.45) is 1.85. The summed E-state index contributed by atoms with van der Waals surface area (Å²) in [5.74, 6) is 0.666. The van der Waals surface area contributed by atoms with Gasteiger partial charge in [0, 0.05) is 12.7 Å². The van der Waals surface area contributed by atoms with Crippen molar-refractivity contribution in [1.29, 1.82) is 0 Å². The van der Waals surface area contributed by atoms with Gasteiger partial charge in [-0.1, -0.05) is 24.3 Å². The first kappa shape index (κ1) is 33.1. The quantitative estimate of drug-likeness (QED) is 0.195. The Hall–Kier alpha value is -2.84. The molecule has 0 atom stereocenters. The van der Waals surface area contributed by atoms with Crippen molar-refractivity contribution in [2.45, 2.75) is 38.9 Å². The number of fused-ring (bicyclic) bond motifs is 1. The highest BCUT2D eigenvalue weighted by Gasteiger charge is 2.51. The minimum Gasteiger partial charge on any atom is -0.489 e. The molecule has 0 unspecified atom stereocenters. The number of anilines is 2. The third-order valence-corrected chi connectivity index (χ3v) is 7.55. The Balaban J connectivity index is 1.28. The summed E-state index contributed by atoms with van der Waals surface area (Å²) in [5.41, 5.74) is 13.1. The summed E-state index contributed by atoms with van der Waals surface area (Å²) in [6, 6.07) is 13.8. The van der Waals surface area contributed by atoms with Crippen LogP contribution in [0.5, 0.6) is 5.75 Å². The van der Waals surface area contributed by atoms with Crippen LogP contribution >= 0.6 is 0 Å². The van der Waals surface area contributed by atoms with Gasteiger partial charge in [0.25, 0.3) is 0 Å². The molecular weight excluding hydrogens is 553 g/mol. The maximum absolute atomic E-state index is 6.43. The average Bonchev–Trinajstić information content (AvgIpc) is 3.21. The van der Waals surface area contributed by atoms with Gasteiger partial charge in [0.1, 0.15) is 18.0 Å². The second-order valence-corrected chi connectivity index (χ2v) is 11.2. The molecule has 0 bridgehead atoms. The second-order valence-electron chi connectivity index (χ2n) is 11.2. The molecule has 43 heavy (non-hydrogen) atoms. The van der Waals surface area contributed by atoms with Gasteiger partial charge in [-0.3, -0.25) is 10.4 Å². The number of hydrazine groups is 1. The Labute approximate surface area is 255 Å². The van der Waals surface area contributed by atoms with E-state index in [1.165, 1.54) is 0 Å². The summed E-state index contributed by atoms with van der Waals surface area (Å²) in [6.45, 7) is 13.1. The highest BCUT2D eigenvalue weighted by atomic mass is 16.7. The zero-order valence-electron chi connectivity index (χ0n) is 26.1. The van der Waals surface area contributed by atoms with Gasteiger partial charge in [-0.15, -0.1) is 0 Å². The molecule has 0 amide bonds. The molecule has 2 aliphatic rings. The molecule has 2 heterocycles. The zero-order valence-corrected chi connectivity index (χ0v) is 26.1. The summed E-state index contributed by atoms with van der Waals surface area (Å²) in [4.78, 5) is 0. The number of ether oxygens (including phenoxy) is 6. The number of hydrogen-bond donors (Lipinski definition) is 2. The van der Waals surface area contributed by atoms with Gasteiger partial charge in [0.05, 0.1) is 88.2 Å². The first-order chi connectivity index (χ1) is 20.7. The van der Waals surface area contributed by atoms with Gasteiger partial charge in [0.2, 0.25) is 0 Å². The molecule has 1 saturated heterocycles. The average molecular weight is 600 g/mol. The normalized spacial score (nSPS) is 17.0. The number of nitrogens with two attached hydrogens (primary N) is 1. The summed E-state index contributed by atoms with van der Waals surface area (Å²) < 4.78 is 45.8. The Kier molecular flexibility index (Phi) is 12.1. The van der Waals surface area contributed by atoms with E-state index in [9.17, 15) is 0 Å². The van der Waals surface area contributed by atoms with Gasteiger partial charge in [-0.2, -0.15) is 0 Å². The van der Waals surface area contributed by atoms with E-state index in [4.69, 9.17) is 43.5 Å². The second kappa shape index (κ2) is 15.8. The van der Waals surface area contributed by atoms with Gasteiger partial charge < -0.3 is 43.5 Å². The van der Waals surface area contributed by atoms with E-state index in [2.05, 4.69) is 5.43 Å². The summed E-state index contributed by atoms with van der Waals surface area (Å²) >= 11 is 0. The minimum absolute atomic E-state index is 0.360. The number of nitrogens with zero attached hydrogens (tertiary/aromatic N) is 1. The van der Waals surface area contributed by atoms with Crippen molar-refractivity contribution in [3.8, 4) is 5.75 Å². The molecule has 4 rings (SSSR count). The predicted octanol–water partition coefficient (Wildman–Crippen LogP) is 3.18. The fourth-order valence-corrected chi connectivity index (χ4v) is 4.42. The smallest absolute Gasteiger partial charge is 0.489 e. The topological polar surface area (TPSA) is 115 Å². The third-order valence-electron chi connectivity index (χ3n) is 7.55. The minimum atomic E-state index is -0.515. The molecule has 1 fully saturated rings. The fraction of sp³-hybridized carbons (Fsp3) is 0.548. The molecule has 11 nitrogen and oxygen atoms in total. The molecule has 12 heteroatoms. The Morgan fingerprint density at radius 1 is 0.767 bits per heavy atom. The van der Waals surface area contributed by atoms with Crippen molar-refractivity contribution in [3.05, 3.63) is 54.2 Å². The molecule has 2 aromatic rings. The number of rotatable bonds is 18. The van der Waals surface area contributed by atoms with E-state index in [1.54, 1.807) is 7.11 Å². The summed E-state index contributed by atoms with van der Waals surface area (Å²) in [5, 5.41) is 1.87. The molecule has 0 saturated carbocycles. The van der Waals surface area contributed by atoms with Crippen LogP contribution in [0.1, 0.15) is 33.3 Å². The largest absolute Gasteiger partial charge is 0.494 e. The third kappa shape index (κ3) is 9.08. The monoisotopic (exact) mass is 599 g/mol. The van der Waals surface area contributed by atoms with Crippen molar-refractivity contribution in [2.24, 2.45) is 5.73 Å². The van der Waals surface area contributed by atoms with Crippen molar-refractivity contribution in [1.82, 2.24) is 0 Å². The van der Waals surface area contributed by atoms with Crippen molar-refractivity contribution in [3.63, 3.8) is 0 Å². The first-order valence-corrected chi connectivity index (χ1v) is 14.8. The van der Waals surface area contributed by atoms with Gasteiger partial charge in [0.15, 0.2) is 0 Å². The molecular formula is C31H46BN3O8. The lowest BCUT2D eigenvalue weighted by Gasteiger charge is -2.32. The van der Waals surface area contributed by atoms with Crippen LogP contribution in [0.3, 0.4) is 0 Å². The van der Waals surface area contributed by atoms with Crippen LogP contribution in [0.15, 0.2) is 48.7 Å². The number of hydrogen-bond acceptors (Lipinski definition) is 11. The van der Waals surface area contributed by atoms with Crippen LogP contribution in [0, 0.1) is 0 Å². The van der Waals surface area contributed by atoms with E-state index in [0.29, 0.717) is 77.5 Å². The van der Waals surface area contributed by atoms with Crippen molar-refractivity contribution >= 4 is 29.7 Å². The van der Waals surface area contributed by atoms with Gasteiger partial charge >= 0.3 is 7.12 Å². The van der Waals surface area contributed by atoms with Crippen LogP contribution in [0.4, 0.5) is 11.4 Å². The molecule has 236 valence electrons. The molecule has 0 spiro atoms. The zero-order chi connectivity index (χ0) is 30.7. The van der Waals surface area contributed by atoms with E-state index < -0.39 is 18.3 Å². The van der Waals surface area contributed by atoms with E-state index in [0.717, 1.165) is 22.4 Å². The maximum atomic E-state index is 6.43. The number of benzene rings is 2. The lowest BCUT2D eigenvalue weighted by atomic mass is 9.79. The predicted molar refractivity (Wildman–Crippen MR) is 168 cm³/mol. The van der Waals surface area contributed by atoms with E-state index >= 15 is 0 Å². The molecule has 2 aromatic carbocycles. The van der Waals surface area contributed by atoms with E-state index in [-0.39, 0.29) is 0 Å². The molecule has 3 N–H and O–H groups in total. The van der Waals surface area contributed by atoms with Gasteiger partial charge in [-0.25, -0.2) is 0 Å². The standard InChI is InChI=1S/C31H46BN3O8/c1-30(2)31(3,4)43-32(42-30)24-10-11-29(28(22-24)35-23-26(33)25-8-6-7-9-27(25)34-35)41-21-20-40-19-18-39-17-16-38-15-14-37-13-12-36-5/h6-11,22-23,34H,12-21,33H2,1-5H3. The Bertz CT molecular complexity index is 1180. The number of para-hydroxylation sites is 1. The molecule has 2 aliphatic heterocycles. The first-order valence-electron chi connectivity index (χ1n) is 14.8. The van der Waals surface area contributed by atoms with Crippen molar-refractivity contribution in [2.75, 3.05) is 83.6 Å². The van der Waals surface area contributed by atoms with Crippen LogP contribution in [0.25, 0.3) is 5.70 Å².